The quantitative estimate of drug-likeness (QED) is 0.489. The van der Waals surface area contributed by atoms with Crippen LogP contribution in [0.1, 0.15) is 54.2 Å². The van der Waals surface area contributed by atoms with Crippen molar-refractivity contribution >= 4 is 12.0 Å². The van der Waals surface area contributed by atoms with Crippen LogP contribution in [-0.4, -0.2) is 47.7 Å². The number of benzene rings is 1. The molecule has 2 aromatic rings. The first kappa shape index (κ1) is 23.3. The van der Waals surface area contributed by atoms with Crippen LogP contribution in [-0.2, 0) is 16.1 Å². The minimum Gasteiger partial charge on any atom is -0.376 e. The fourth-order valence-electron chi connectivity index (χ4n) is 5.02. The lowest BCUT2D eigenvalue weighted by Gasteiger charge is -2.28. The van der Waals surface area contributed by atoms with Crippen molar-refractivity contribution in [3.63, 3.8) is 0 Å². The molecule has 0 spiro atoms. The van der Waals surface area contributed by atoms with Crippen molar-refractivity contribution < 1.29 is 9.53 Å². The van der Waals surface area contributed by atoms with E-state index in [4.69, 9.17) is 4.74 Å². The molecule has 2 aliphatic rings. The Hall–Kier alpha value is -2.88. The maximum absolute atomic E-state index is 13.0. The molecular weight excluding hydrogens is 412 g/mol. The number of nitrogens with one attached hydrogen (secondary N) is 1. The van der Waals surface area contributed by atoms with Crippen molar-refractivity contribution in [2.75, 3.05) is 26.2 Å². The lowest BCUT2D eigenvalue weighted by molar-refractivity contribution is -0.117. The minimum absolute atomic E-state index is 0.120. The first-order valence-electron chi connectivity index (χ1n) is 12.0. The number of carbonyl (C=O) groups excluding carboxylic acids is 1. The van der Waals surface area contributed by atoms with Crippen LogP contribution in [0.25, 0.3) is 6.08 Å². The van der Waals surface area contributed by atoms with Crippen molar-refractivity contribution in [3.8, 4) is 6.07 Å². The summed E-state index contributed by atoms with van der Waals surface area (Å²) in [5.41, 5.74) is 4.42. The van der Waals surface area contributed by atoms with Crippen LogP contribution in [0.3, 0.4) is 0 Å². The zero-order valence-corrected chi connectivity index (χ0v) is 19.7. The minimum atomic E-state index is -0.318. The number of amides is 1. The number of nitriles is 1. The fourth-order valence-corrected chi connectivity index (χ4v) is 5.02. The van der Waals surface area contributed by atoms with Crippen molar-refractivity contribution in [1.29, 1.82) is 5.26 Å². The maximum Gasteiger partial charge on any atom is 0.262 e. The van der Waals surface area contributed by atoms with E-state index in [1.165, 1.54) is 18.4 Å². The SMILES string of the molecule is Cc1cc(/C=C(\C#N)C(=O)NCC(c2ccccc2)N2CCCC2)c(C)n1CC1CCCO1. The number of rotatable bonds is 8. The molecule has 1 aromatic heterocycles. The van der Waals surface area contributed by atoms with Gasteiger partial charge in [0.15, 0.2) is 0 Å². The highest BCUT2D eigenvalue weighted by molar-refractivity contribution is 6.01. The van der Waals surface area contributed by atoms with Crippen LogP contribution in [0.5, 0.6) is 0 Å². The van der Waals surface area contributed by atoms with Gasteiger partial charge in [-0.2, -0.15) is 5.26 Å². The molecule has 2 unspecified atom stereocenters. The van der Waals surface area contributed by atoms with Crippen LogP contribution >= 0.6 is 0 Å². The van der Waals surface area contributed by atoms with Crippen LogP contribution < -0.4 is 5.32 Å². The first-order chi connectivity index (χ1) is 16.1. The van der Waals surface area contributed by atoms with Crippen molar-refractivity contribution in [1.82, 2.24) is 14.8 Å². The van der Waals surface area contributed by atoms with Gasteiger partial charge < -0.3 is 14.6 Å². The Labute approximate surface area is 196 Å². The van der Waals surface area contributed by atoms with Crippen molar-refractivity contribution in [2.45, 2.75) is 58.2 Å². The van der Waals surface area contributed by atoms with Crippen LogP contribution in [0.4, 0.5) is 0 Å². The molecule has 0 radical (unpaired) electrons. The molecule has 3 heterocycles. The summed E-state index contributed by atoms with van der Waals surface area (Å²) in [6.07, 6.45) is 6.51. The summed E-state index contributed by atoms with van der Waals surface area (Å²) in [7, 11) is 0. The normalized spacial score (nSPS) is 20.0. The highest BCUT2D eigenvalue weighted by Gasteiger charge is 2.24. The third-order valence-electron chi connectivity index (χ3n) is 6.91. The van der Waals surface area contributed by atoms with Gasteiger partial charge in [0.25, 0.3) is 5.91 Å². The topological polar surface area (TPSA) is 70.3 Å². The third-order valence-corrected chi connectivity index (χ3v) is 6.91. The van der Waals surface area contributed by atoms with E-state index >= 15 is 0 Å². The number of hydrogen-bond donors (Lipinski definition) is 1. The molecule has 0 saturated carbocycles. The summed E-state index contributed by atoms with van der Waals surface area (Å²) in [5.74, 6) is -0.318. The van der Waals surface area contributed by atoms with E-state index in [9.17, 15) is 10.1 Å². The number of carbonyl (C=O) groups is 1. The molecule has 2 aliphatic heterocycles. The Balaban J connectivity index is 1.47. The fraction of sp³-hybridized carbons (Fsp3) is 0.481. The zero-order chi connectivity index (χ0) is 23.2. The monoisotopic (exact) mass is 446 g/mol. The molecule has 6 heteroatoms. The van der Waals surface area contributed by atoms with Gasteiger partial charge in [-0.05, 0) is 75.9 Å². The summed E-state index contributed by atoms with van der Waals surface area (Å²) in [6.45, 7) is 8.30. The van der Waals surface area contributed by atoms with Crippen molar-refractivity contribution in [2.24, 2.45) is 0 Å². The van der Waals surface area contributed by atoms with Gasteiger partial charge in [-0.25, -0.2) is 0 Å². The predicted octanol–water partition coefficient (Wildman–Crippen LogP) is 4.14. The Bertz CT molecular complexity index is 1020. The molecule has 1 amide bonds. The van der Waals surface area contributed by atoms with E-state index in [2.05, 4.69) is 39.9 Å². The number of aryl methyl sites for hydroxylation is 1. The molecule has 2 fully saturated rings. The Morgan fingerprint density at radius 1 is 1.24 bits per heavy atom. The van der Waals surface area contributed by atoms with Gasteiger partial charge in [0.05, 0.1) is 12.1 Å². The highest BCUT2D eigenvalue weighted by Crippen LogP contribution is 2.25. The van der Waals surface area contributed by atoms with Gasteiger partial charge in [0.2, 0.25) is 0 Å². The second-order valence-corrected chi connectivity index (χ2v) is 9.12. The van der Waals surface area contributed by atoms with E-state index < -0.39 is 0 Å². The molecule has 33 heavy (non-hydrogen) atoms. The summed E-state index contributed by atoms with van der Waals surface area (Å²) in [5, 5.41) is 12.8. The lowest BCUT2D eigenvalue weighted by atomic mass is 10.1. The van der Waals surface area contributed by atoms with Gasteiger partial charge >= 0.3 is 0 Å². The van der Waals surface area contributed by atoms with Crippen molar-refractivity contribution in [3.05, 3.63) is 64.5 Å². The highest BCUT2D eigenvalue weighted by atomic mass is 16.5. The van der Waals surface area contributed by atoms with E-state index in [0.717, 1.165) is 56.0 Å². The Kier molecular flexibility index (Phi) is 7.64. The molecule has 174 valence electrons. The maximum atomic E-state index is 13.0. The van der Waals surface area contributed by atoms with Crippen LogP contribution in [0.2, 0.25) is 0 Å². The Morgan fingerprint density at radius 3 is 2.67 bits per heavy atom. The second-order valence-electron chi connectivity index (χ2n) is 9.12. The lowest BCUT2D eigenvalue weighted by Crippen LogP contribution is -2.37. The smallest absolute Gasteiger partial charge is 0.262 e. The number of likely N-dealkylation sites (tertiary alicyclic amines) is 1. The van der Waals surface area contributed by atoms with Gasteiger partial charge in [-0.1, -0.05) is 30.3 Å². The van der Waals surface area contributed by atoms with E-state index in [1.54, 1.807) is 6.08 Å². The van der Waals surface area contributed by atoms with Crippen LogP contribution in [0.15, 0.2) is 42.0 Å². The average Bonchev–Trinajstić information content (AvgIpc) is 3.59. The number of hydrogen-bond acceptors (Lipinski definition) is 4. The molecular formula is C27H34N4O2. The van der Waals surface area contributed by atoms with E-state index in [0.29, 0.717) is 6.54 Å². The summed E-state index contributed by atoms with van der Waals surface area (Å²) in [4.78, 5) is 15.4. The molecule has 6 nitrogen and oxygen atoms in total. The summed E-state index contributed by atoms with van der Waals surface area (Å²) < 4.78 is 8.02. The Morgan fingerprint density at radius 2 is 2.00 bits per heavy atom. The molecule has 2 atom stereocenters. The average molecular weight is 447 g/mol. The molecule has 0 aliphatic carbocycles. The predicted molar refractivity (Wildman–Crippen MR) is 129 cm³/mol. The molecule has 0 bridgehead atoms. The van der Waals surface area contributed by atoms with Crippen LogP contribution in [0, 0.1) is 25.2 Å². The molecule has 2 saturated heterocycles. The van der Waals surface area contributed by atoms with E-state index in [-0.39, 0.29) is 23.6 Å². The zero-order valence-electron chi connectivity index (χ0n) is 19.7. The molecule has 4 rings (SSSR count). The number of nitrogens with zero attached hydrogens (tertiary/aromatic N) is 3. The molecule has 1 aromatic carbocycles. The summed E-state index contributed by atoms with van der Waals surface area (Å²) >= 11 is 0. The number of ether oxygens (including phenoxy) is 1. The van der Waals surface area contributed by atoms with E-state index in [1.807, 2.05) is 31.2 Å². The van der Waals surface area contributed by atoms with Gasteiger partial charge in [-0.3, -0.25) is 9.69 Å². The first-order valence-corrected chi connectivity index (χ1v) is 12.0. The molecule has 1 N–H and O–H groups in total. The standard InChI is InChI=1S/C27H34N4O2/c1-20-15-23(21(2)31(20)19-25-11-8-14-33-25)16-24(17-28)27(32)29-18-26(30-12-6-7-13-30)22-9-4-3-5-10-22/h3-5,9-10,15-16,25-26H,6-8,11-14,18-19H2,1-2H3,(H,29,32)/b24-16+. The number of aromatic nitrogens is 1. The van der Waals surface area contributed by atoms with Gasteiger partial charge in [0.1, 0.15) is 11.6 Å². The van der Waals surface area contributed by atoms with Gasteiger partial charge in [0, 0.05) is 31.1 Å². The van der Waals surface area contributed by atoms with Gasteiger partial charge in [-0.15, -0.1) is 0 Å². The third kappa shape index (κ3) is 5.55. The second kappa shape index (κ2) is 10.8. The summed E-state index contributed by atoms with van der Waals surface area (Å²) in [6, 6.07) is 14.6. The largest absolute Gasteiger partial charge is 0.376 e.